The van der Waals surface area contributed by atoms with Crippen molar-refractivity contribution in [3.05, 3.63) is 229 Å². The number of aryl methyl sites for hydroxylation is 4. The Morgan fingerprint density at radius 3 is 0.955 bits per heavy atom. The topological polar surface area (TPSA) is 32.3 Å². The highest BCUT2D eigenvalue weighted by Gasteiger charge is 2.26. The Kier molecular flexibility index (Phi) is 9.35. The van der Waals surface area contributed by atoms with Crippen molar-refractivity contribution < 1.29 is 0 Å². The number of anilines is 6. The van der Waals surface area contributed by atoms with Gasteiger partial charge < -0.3 is 9.80 Å². The van der Waals surface area contributed by atoms with Gasteiger partial charge in [0.1, 0.15) is 0 Å². The Morgan fingerprint density at radius 2 is 0.606 bits per heavy atom. The molecule has 2 heterocycles. The fraction of sp³-hybridized carbons (Fsp3) is 0.0645. The van der Waals surface area contributed by atoms with Crippen molar-refractivity contribution in [2.24, 2.45) is 0 Å². The second-order valence-corrected chi connectivity index (χ2v) is 17.7. The van der Waals surface area contributed by atoms with Crippen LogP contribution in [0, 0.1) is 27.7 Å². The number of hydrogen-bond acceptors (Lipinski definition) is 4. The molecule has 0 radical (unpaired) electrons. The van der Waals surface area contributed by atoms with Crippen LogP contribution in [0.4, 0.5) is 34.1 Å². The van der Waals surface area contributed by atoms with Crippen molar-refractivity contribution in [1.29, 1.82) is 0 Å². The van der Waals surface area contributed by atoms with E-state index < -0.39 is 0 Å². The third-order valence-corrected chi connectivity index (χ3v) is 13.4. The number of rotatable bonds is 8. The summed E-state index contributed by atoms with van der Waals surface area (Å²) in [5.74, 6) is 0. The van der Waals surface area contributed by atoms with Gasteiger partial charge in [0.05, 0.1) is 22.4 Å². The van der Waals surface area contributed by atoms with Crippen molar-refractivity contribution in [2.75, 3.05) is 9.80 Å². The molecular formula is C62H46N4. The smallest absolute Gasteiger partial charge is 0.0708 e. The maximum atomic E-state index is 4.85. The Bertz CT molecular complexity index is 3430. The molecule has 0 N–H and O–H groups in total. The van der Waals surface area contributed by atoms with Gasteiger partial charge in [-0.25, -0.2) is 0 Å². The van der Waals surface area contributed by atoms with Crippen LogP contribution in [-0.4, -0.2) is 9.97 Å². The van der Waals surface area contributed by atoms with Crippen molar-refractivity contribution in [3.63, 3.8) is 0 Å². The van der Waals surface area contributed by atoms with Gasteiger partial charge in [-0.2, -0.15) is 0 Å². The zero-order chi connectivity index (χ0) is 44.5. The van der Waals surface area contributed by atoms with E-state index in [0.29, 0.717) is 0 Å². The zero-order valence-electron chi connectivity index (χ0n) is 37.4. The predicted molar refractivity (Wildman–Crippen MR) is 280 cm³/mol. The lowest BCUT2D eigenvalue weighted by atomic mass is 9.84. The molecule has 0 amide bonds. The molecule has 4 nitrogen and oxygen atoms in total. The van der Waals surface area contributed by atoms with E-state index in [1.54, 1.807) is 0 Å². The van der Waals surface area contributed by atoms with E-state index in [9.17, 15) is 0 Å². The summed E-state index contributed by atoms with van der Waals surface area (Å²) in [6.45, 7) is 8.61. The van der Waals surface area contributed by atoms with Crippen LogP contribution in [0.3, 0.4) is 0 Å². The van der Waals surface area contributed by atoms with Gasteiger partial charge in [-0.1, -0.05) is 131 Å². The molecule has 0 aliphatic rings. The number of hydrogen-bond donors (Lipinski definition) is 0. The van der Waals surface area contributed by atoms with Crippen molar-refractivity contribution in [2.45, 2.75) is 27.7 Å². The summed E-state index contributed by atoms with van der Waals surface area (Å²) in [6.07, 6.45) is 3.91. The van der Waals surface area contributed by atoms with E-state index in [-0.39, 0.29) is 0 Å². The maximum Gasteiger partial charge on any atom is 0.0708 e. The highest BCUT2D eigenvalue weighted by molar-refractivity contribution is 6.33. The zero-order valence-corrected chi connectivity index (χ0v) is 37.4. The Balaban J connectivity index is 1.28. The van der Waals surface area contributed by atoms with Crippen molar-refractivity contribution >= 4 is 88.2 Å². The largest absolute Gasteiger partial charge is 0.310 e. The summed E-state index contributed by atoms with van der Waals surface area (Å²) in [5, 5.41) is 9.40. The number of nitrogens with zero attached hydrogens (tertiary/aromatic N) is 4. The molecule has 4 heteroatoms. The summed E-state index contributed by atoms with van der Waals surface area (Å²) in [7, 11) is 0. The fourth-order valence-corrected chi connectivity index (χ4v) is 10.1. The predicted octanol–water partition coefficient (Wildman–Crippen LogP) is 17.2. The van der Waals surface area contributed by atoms with Crippen LogP contribution in [0.2, 0.25) is 0 Å². The lowest BCUT2D eigenvalue weighted by Crippen LogP contribution is -2.12. The van der Waals surface area contributed by atoms with Crippen LogP contribution in [0.25, 0.3) is 76.4 Å². The molecule has 0 aliphatic carbocycles. The molecule has 66 heavy (non-hydrogen) atoms. The lowest BCUT2D eigenvalue weighted by Gasteiger charge is -2.31. The van der Waals surface area contributed by atoms with Gasteiger partial charge in [0.15, 0.2) is 0 Å². The summed E-state index contributed by atoms with van der Waals surface area (Å²) in [4.78, 5) is 14.6. The Labute approximate surface area is 385 Å². The maximum absolute atomic E-state index is 4.85. The first-order valence-electron chi connectivity index (χ1n) is 22.7. The van der Waals surface area contributed by atoms with Crippen molar-refractivity contribution in [3.8, 4) is 22.3 Å². The number of benzene rings is 10. The molecule has 0 bridgehead atoms. The number of aromatic nitrogens is 2. The second kappa shape index (κ2) is 15.7. The number of pyridine rings is 2. The van der Waals surface area contributed by atoms with Crippen LogP contribution < -0.4 is 9.80 Å². The van der Waals surface area contributed by atoms with Gasteiger partial charge in [0.2, 0.25) is 0 Å². The average molecular weight is 847 g/mol. The van der Waals surface area contributed by atoms with Crippen molar-refractivity contribution in [1.82, 2.24) is 9.97 Å². The molecule has 10 aromatic carbocycles. The first kappa shape index (κ1) is 39.3. The monoisotopic (exact) mass is 846 g/mol. The quantitative estimate of drug-likeness (QED) is 0.143. The van der Waals surface area contributed by atoms with Crippen LogP contribution in [0.1, 0.15) is 22.3 Å². The standard InChI is InChI=1S/C62H46N4/c1-39-13-21-43(22-14-39)65(44-23-15-40(2)16-24-44)59-37-55(47-33-35-63-57-11-7-5-9-49(47)57)51-30-32-54-60(66(45-25-17-41(3)18-26-45)46-27-19-42(4)20-28-46)38-56(52-29-31-53(59)61(51)62(52)54)48-34-36-64-58-12-8-6-10-50(48)58/h5-38H,1-4H3. The molecular weight excluding hydrogens is 801 g/mol. The summed E-state index contributed by atoms with van der Waals surface area (Å²) < 4.78 is 0. The van der Waals surface area contributed by atoms with Crippen LogP contribution in [0.5, 0.6) is 0 Å². The number of para-hydroxylation sites is 2. The highest BCUT2D eigenvalue weighted by Crippen LogP contribution is 2.53. The second-order valence-electron chi connectivity index (χ2n) is 17.7. The summed E-state index contributed by atoms with van der Waals surface area (Å²) >= 11 is 0. The first-order valence-corrected chi connectivity index (χ1v) is 22.7. The van der Waals surface area contributed by atoms with Crippen LogP contribution in [-0.2, 0) is 0 Å². The van der Waals surface area contributed by atoms with E-state index in [1.165, 1.54) is 54.6 Å². The third kappa shape index (κ3) is 6.52. The van der Waals surface area contributed by atoms with Crippen LogP contribution >= 0.6 is 0 Å². The molecule has 0 saturated heterocycles. The molecule has 0 spiro atoms. The van der Waals surface area contributed by atoms with E-state index in [2.05, 4.69) is 232 Å². The van der Waals surface area contributed by atoms with E-state index in [4.69, 9.17) is 9.97 Å². The molecule has 0 aliphatic heterocycles. The molecule has 2 aromatic heterocycles. The number of fused-ring (bicyclic) bond motifs is 2. The van der Waals surface area contributed by atoms with E-state index >= 15 is 0 Å². The fourth-order valence-electron chi connectivity index (χ4n) is 10.1. The minimum absolute atomic E-state index is 0.970. The van der Waals surface area contributed by atoms with Gasteiger partial charge in [0.25, 0.3) is 0 Å². The van der Waals surface area contributed by atoms with Gasteiger partial charge in [-0.3, -0.25) is 9.97 Å². The van der Waals surface area contributed by atoms with Gasteiger partial charge in [-0.05, 0) is 146 Å². The third-order valence-electron chi connectivity index (χ3n) is 13.4. The molecule has 0 unspecified atom stereocenters. The molecule has 12 aromatic rings. The minimum Gasteiger partial charge on any atom is -0.310 e. The Morgan fingerprint density at radius 1 is 0.288 bits per heavy atom. The molecule has 314 valence electrons. The molecule has 12 rings (SSSR count). The van der Waals surface area contributed by atoms with Gasteiger partial charge >= 0.3 is 0 Å². The van der Waals surface area contributed by atoms with Gasteiger partial charge in [-0.15, -0.1) is 0 Å². The first-order chi connectivity index (χ1) is 32.4. The Hall–Kier alpha value is -8.34. The highest BCUT2D eigenvalue weighted by atomic mass is 15.1. The molecule has 0 atom stereocenters. The van der Waals surface area contributed by atoms with E-state index in [1.807, 2.05) is 12.4 Å². The summed E-state index contributed by atoms with van der Waals surface area (Å²) in [6, 6.07) is 71.5. The van der Waals surface area contributed by atoms with E-state index in [0.717, 1.165) is 78.2 Å². The lowest BCUT2D eigenvalue weighted by molar-refractivity contribution is 1.28. The SMILES string of the molecule is Cc1ccc(N(c2ccc(C)cc2)c2cc(-c3ccnc4ccccc34)c3ccc4c(N(c5ccc(C)cc5)c5ccc(C)cc5)cc(-c5ccnc6ccccc56)c5ccc2c3c54)cc1. The summed E-state index contributed by atoms with van der Waals surface area (Å²) in [5.41, 5.74) is 18.0. The minimum atomic E-state index is 0.970. The van der Waals surface area contributed by atoms with Crippen LogP contribution in [0.15, 0.2) is 207 Å². The molecule has 0 fully saturated rings. The average Bonchev–Trinajstić information content (AvgIpc) is 3.35. The normalized spacial score (nSPS) is 11.6. The molecule has 0 saturated carbocycles. The van der Waals surface area contributed by atoms with Gasteiger partial charge in [0, 0.05) is 67.5 Å².